The van der Waals surface area contributed by atoms with Crippen LogP contribution in [0.2, 0.25) is 0 Å². The van der Waals surface area contributed by atoms with Crippen LogP contribution in [0.3, 0.4) is 0 Å². The highest BCUT2D eigenvalue weighted by atomic mass is 16.3. The molecular weight excluding hydrogens is 280 g/mol. The van der Waals surface area contributed by atoms with E-state index < -0.39 is 0 Å². The highest BCUT2D eigenvalue weighted by molar-refractivity contribution is 5.64. The lowest BCUT2D eigenvalue weighted by Gasteiger charge is -2.36. The lowest BCUT2D eigenvalue weighted by molar-refractivity contribution is 0.229. The summed E-state index contributed by atoms with van der Waals surface area (Å²) in [5.74, 6) is 0.847. The summed E-state index contributed by atoms with van der Waals surface area (Å²) >= 11 is 0. The zero-order chi connectivity index (χ0) is 17.3. The van der Waals surface area contributed by atoms with Gasteiger partial charge in [-0.25, -0.2) is 0 Å². The van der Waals surface area contributed by atoms with E-state index in [2.05, 4.69) is 65.8 Å². The molecule has 2 aromatic rings. The lowest BCUT2D eigenvalue weighted by Crippen LogP contribution is -2.23. The fourth-order valence-electron chi connectivity index (χ4n) is 3.10. The second-order valence-corrected chi connectivity index (χ2v) is 8.85. The second kappa shape index (κ2) is 6.39. The number of phenols is 1. The standard InChI is InChI=1S/C22H30O/c1-21(2,3)15-20(22(4,5)6)18-9-7-16(8-10-18)17-11-13-19(23)14-12-17/h7-14,20,23H,15H2,1-6H3. The van der Waals surface area contributed by atoms with Gasteiger partial charge in [-0.3, -0.25) is 0 Å². The molecule has 1 N–H and O–H groups in total. The van der Waals surface area contributed by atoms with Gasteiger partial charge in [0, 0.05) is 0 Å². The molecule has 0 heterocycles. The van der Waals surface area contributed by atoms with E-state index >= 15 is 0 Å². The molecular formula is C22H30O. The summed E-state index contributed by atoms with van der Waals surface area (Å²) < 4.78 is 0. The third-order valence-corrected chi connectivity index (χ3v) is 4.38. The normalized spacial score (nSPS) is 13.8. The topological polar surface area (TPSA) is 20.2 Å². The Kier molecular flexibility index (Phi) is 4.89. The van der Waals surface area contributed by atoms with Crippen molar-refractivity contribution in [2.45, 2.75) is 53.9 Å². The molecule has 1 heteroatoms. The highest BCUT2D eigenvalue weighted by Gasteiger charge is 2.30. The summed E-state index contributed by atoms with van der Waals surface area (Å²) in [6.07, 6.45) is 1.18. The number of benzene rings is 2. The van der Waals surface area contributed by atoms with Crippen LogP contribution in [-0.2, 0) is 0 Å². The molecule has 1 unspecified atom stereocenters. The van der Waals surface area contributed by atoms with E-state index in [-0.39, 0.29) is 5.41 Å². The molecule has 23 heavy (non-hydrogen) atoms. The molecule has 0 aliphatic heterocycles. The van der Waals surface area contributed by atoms with Crippen LogP contribution >= 0.6 is 0 Å². The molecule has 0 fully saturated rings. The Morgan fingerprint density at radius 1 is 0.739 bits per heavy atom. The Morgan fingerprint density at radius 2 is 1.17 bits per heavy atom. The molecule has 0 aromatic heterocycles. The molecule has 0 saturated carbocycles. The predicted molar refractivity (Wildman–Crippen MR) is 99.8 cm³/mol. The van der Waals surface area contributed by atoms with Gasteiger partial charge in [0.15, 0.2) is 0 Å². The van der Waals surface area contributed by atoms with Gasteiger partial charge in [-0.15, -0.1) is 0 Å². The monoisotopic (exact) mass is 310 g/mol. The van der Waals surface area contributed by atoms with Crippen LogP contribution < -0.4 is 0 Å². The van der Waals surface area contributed by atoms with Crippen LogP contribution in [0.1, 0.15) is 59.4 Å². The van der Waals surface area contributed by atoms with Crippen molar-refractivity contribution in [3.8, 4) is 16.9 Å². The third-order valence-electron chi connectivity index (χ3n) is 4.38. The van der Waals surface area contributed by atoms with Crippen LogP contribution in [0.5, 0.6) is 5.75 Å². The number of rotatable bonds is 3. The van der Waals surface area contributed by atoms with Gasteiger partial charge in [-0.05, 0) is 52.0 Å². The van der Waals surface area contributed by atoms with Crippen molar-refractivity contribution in [1.82, 2.24) is 0 Å². The molecule has 124 valence electrons. The van der Waals surface area contributed by atoms with Gasteiger partial charge in [0.25, 0.3) is 0 Å². The first-order valence-electron chi connectivity index (χ1n) is 8.46. The minimum absolute atomic E-state index is 0.243. The molecule has 0 radical (unpaired) electrons. The first-order chi connectivity index (χ1) is 10.6. The molecule has 0 aliphatic rings. The summed E-state index contributed by atoms with van der Waals surface area (Å²) in [4.78, 5) is 0. The van der Waals surface area contributed by atoms with Crippen LogP contribution in [0.25, 0.3) is 11.1 Å². The van der Waals surface area contributed by atoms with Gasteiger partial charge in [0.2, 0.25) is 0 Å². The molecule has 2 aromatic carbocycles. The molecule has 1 nitrogen and oxygen atoms in total. The molecule has 0 bridgehead atoms. The second-order valence-electron chi connectivity index (χ2n) is 8.85. The summed E-state index contributed by atoms with van der Waals surface area (Å²) in [5.41, 5.74) is 4.30. The average Bonchev–Trinajstić information content (AvgIpc) is 2.44. The quantitative estimate of drug-likeness (QED) is 0.675. The van der Waals surface area contributed by atoms with Crippen LogP contribution in [-0.4, -0.2) is 5.11 Å². The Labute approximate surface area is 141 Å². The lowest BCUT2D eigenvalue weighted by atomic mass is 9.69. The summed E-state index contributed by atoms with van der Waals surface area (Å²) in [6.45, 7) is 13.9. The number of phenolic OH excluding ortho intramolecular Hbond substituents is 1. The minimum atomic E-state index is 0.243. The smallest absolute Gasteiger partial charge is 0.115 e. The molecule has 1 atom stereocenters. The highest BCUT2D eigenvalue weighted by Crippen LogP contribution is 2.43. The number of hydrogen-bond donors (Lipinski definition) is 1. The van der Waals surface area contributed by atoms with Gasteiger partial charge in [0.1, 0.15) is 5.75 Å². The van der Waals surface area contributed by atoms with Gasteiger partial charge in [0.05, 0.1) is 0 Å². The molecule has 2 rings (SSSR count). The fourth-order valence-corrected chi connectivity index (χ4v) is 3.10. The van der Waals surface area contributed by atoms with E-state index in [0.717, 1.165) is 5.56 Å². The van der Waals surface area contributed by atoms with Crippen LogP contribution in [0.4, 0.5) is 0 Å². The van der Waals surface area contributed by atoms with Gasteiger partial charge in [-0.1, -0.05) is 77.9 Å². The third kappa shape index (κ3) is 4.86. The Bertz CT molecular complexity index is 622. The van der Waals surface area contributed by atoms with Crippen molar-refractivity contribution >= 4 is 0 Å². The van der Waals surface area contributed by atoms with Crippen LogP contribution in [0.15, 0.2) is 48.5 Å². The Balaban J connectivity index is 2.30. The summed E-state index contributed by atoms with van der Waals surface area (Å²) in [7, 11) is 0. The maximum atomic E-state index is 9.42. The SMILES string of the molecule is CC(C)(C)CC(c1ccc(-c2ccc(O)cc2)cc1)C(C)(C)C. The summed E-state index contributed by atoms with van der Waals surface area (Å²) in [6, 6.07) is 16.3. The number of hydrogen-bond acceptors (Lipinski definition) is 1. The largest absolute Gasteiger partial charge is 0.508 e. The van der Waals surface area contributed by atoms with Gasteiger partial charge < -0.3 is 5.11 Å². The molecule has 0 amide bonds. The van der Waals surface area contributed by atoms with E-state index in [4.69, 9.17) is 0 Å². The van der Waals surface area contributed by atoms with Crippen molar-refractivity contribution in [3.05, 3.63) is 54.1 Å². The summed E-state index contributed by atoms with van der Waals surface area (Å²) in [5, 5.41) is 9.42. The average molecular weight is 310 g/mol. The zero-order valence-corrected chi connectivity index (χ0v) is 15.4. The van der Waals surface area contributed by atoms with Crippen molar-refractivity contribution in [3.63, 3.8) is 0 Å². The zero-order valence-electron chi connectivity index (χ0n) is 15.4. The Morgan fingerprint density at radius 3 is 1.57 bits per heavy atom. The fraction of sp³-hybridized carbons (Fsp3) is 0.455. The molecule has 0 spiro atoms. The van der Waals surface area contributed by atoms with E-state index in [0.29, 0.717) is 17.1 Å². The van der Waals surface area contributed by atoms with Crippen molar-refractivity contribution in [1.29, 1.82) is 0 Å². The maximum Gasteiger partial charge on any atom is 0.115 e. The number of aromatic hydroxyl groups is 1. The van der Waals surface area contributed by atoms with Crippen LogP contribution in [0, 0.1) is 10.8 Å². The predicted octanol–water partition coefficient (Wildman–Crippen LogP) is 6.63. The molecule has 0 aliphatic carbocycles. The van der Waals surface area contributed by atoms with Crippen molar-refractivity contribution < 1.29 is 5.11 Å². The minimum Gasteiger partial charge on any atom is -0.508 e. The first-order valence-corrected chi connectivity index (χ1v) is 8.46. The maximum absolute atomic E-state index is 9.42. The van der Waals surface area contributed by atoms with E-state index in [1.54, 1.807) is 12.1 Å². The van der Waals surface area contributed by atoms with Crippen molar-refractivity contribution in [2.75, 3.05) is 0 Å². The first kappa shape index (κ1) is 17.6. The Hall–Kier alpha value is -1.76. The van der Waals surface area contributed by atoms with E-state index in [1.807, 2.05) is 12.1 Å². The van der Waals surface area contributed by atoms with Gasteiger partial charge >= 0.3 is 0 Å². The van der Waals surface area contributed by atoms with E-state index in [1.165, 1.54) is 17.5 Å². The van der Waals surface area contributed by atoms with Gasteiger partial charge in [-0.2, -0.15) is 0 Å². The van der Waals surface area contributed by atoms with Crippen molar-refractivity contribution in [2.24, 2.45) is 10.8 Å². The molecule has 0 saturated heterocycles. The van der Waals surface area contributed by atoms with E-state index in [9.17, 15) is 5.11 Å².